The first-order chi connectivity index (χ1) is 6.97. The minimum atomic E-state index is -3.40. The van der Waals surface area contributed by atoms with Gasteiger partial charge >= 0.3 is 0 Å². The lowest BCUT2D eigenvalue weighted by Gasteiger charge is -2.06. The Bertz CT molecular complexity index is 445. The molecule has 0 aliphatic carbocycles. The van der Waals surface area contributed by atoms with E-state index in [0.717, 1.165) is 12.0 Å². The number of hydrogen-bond acceptors (Lipinski definition) is 3. The molecule has 0 aromatic carbocycles. The maximum Gasteiger partial charge on any atom is 0.242 e. The molecule has 0 spiro atoms. The van der Waals surface area contributed by atoms with Gasteiger partial charge in [-0.2, -0.15) is 0 Å². The van der Waals surface area contributed by atoms with Crippen molar-refractivity contribution in [2.75, 3.05) is 6.54 Å². The Morgan fingerprint density at radius 2 is 2.20 bits per heavy atom. The molecule has 15 heavy (non-hydrogen) atoms. The highest BCUT2D eigenvalue weighted by atomic mass is 79.9. The van der Waals surface area contributed by atoms with Crippen molar-refractivity contribution in [3.8, 4) is 0 Å². The van der Waals surface area contributed by atoms with Gasteiger partial charge in [0.05, 0.1) is 0 Å². The highest BCUT2D eigenvalue weighted by Gasteiger charge is 2.14. The summed E-state index contributed by atoms with van der Waals surface area (Å²) >= 11 is 3.22. The first kappa shape index (κ1) is 12.6. The van der Waals surface area contributed by atoms with Crippen LogP contribution in [0.3, 0.4) is 0 Å². The van der Waals surface area contributed by atoms with Gasteiger partial charge in [0.15, 0.2) is 0 Å². The number of hydrogen-bond donors (Lipinski definition) is 1. The number of nitrogens with zero attached hydrogens (tertiary/aromatic N) is 1. The van der Waals surface area contributed by atoms with Crippen molar-refractivity contribution >= 4 is 26.0 Å². The van der Waals surface area contributed by atoms with Crippen LogP contribution in [0, 0.1) is 6.92 Å². The molecule has 0 aliphatic rings. The quantitative estimate of drug-likeness (QED) is 0.862. The van der Waals surface area contributed by atoms with E-state index in [1.54, 1.807) is 13.0 Å². The second-order valence-electron chi connectivity index (χ2n) is 3.18. The Morgan fingerprint density at radius 3 is 2.73 bits per heavy atom. The van der Waals surface area contributed by atoms with E-state index in [2.05, 4.69) is 25.6 Å². The standard InChI is InChI=1S/C9H13BrN2O2S/c1-3-4-12-15(13,14)8-5-7(2)9(10)11-6-8/h5-6,12H,3-4H2,1-2H3. The minimum absolute atomic E-state index is 0.205. The van der Waals surface area contributed by atoms with Gasteiger partial charge in [-0.05, 0) is 40.9 Å². The number of aryl methyl sites for hydroxylation is 1. The highest BCUT2D eigenvalue weighted by molar-refractivity contribution is 9.10. The lowest BCUT2D eigenvalue weighted by atomic mass is 10.3. The van der Waals surface area contributed by atoms with Crippen LogP contribution >= 0.6 is 15.9 Å². The van der Waals surface area contributed by atoms with Crippen LogP contribution in [0.2, 0.25) is 0 Å². The molecular formula is C9H13BrN2O2S. The molecule has 0 radical (unpaired) electrons. The molecule has 84 valence electrons. The lowest BCUT2D eigenvalue weighted by molar-refractivity contribution is 0.580. The minimum Gasteiger partial charge on any atom is -0.248 e. The normalized spacial score (nSPS) is 11.7. The third-order valence-corrected chi connectivity index (χ3v) is 4.10. The summed E-state index contributed by atoms with van der Waals surface area (Å²) in [5.41, 5.74) is 0.800. The van der Waals surface area contributed by atoms with Gasteiger partial charge in [0.1, 0.15) is 9.50 Å². The third kappa shape index (κ3) is 3.25. The summed E-state index contributed by atoms with van der Waals surface area (Å²) in [6.45, 7) is 4.15. The first-order valence-electron chi connectivity index (χ1n) is 4.59. The van der Waals surface area contributed by atoms with Crippen molar-refractivity contribution in [2.45, 2.75) is 25.2 Å². The fraction of sp³-hybridized carbons (Fsp3) is 0.444. The number of pyridine rings is 1. The SMILES string of the molecule is CCCNS(=O)(=O)c1cnc(Br)c(C)c1. The molecule has 0 fully saturated rings. The Morgan fingerprint density at radius 1 is 1.53 bits per heavy atom. The van der Waals surface area contributed by atoms with Crippen molar-refractivity contribution in [3.05, 3.63) is 22.4 Å². The zero-order valence-electron chi connectivity index (χ0n) is 8.62. The molecule has 6 heteroatoms. The monoisotopic (exact) mass is 292 g/mol. The van der Waals surface area contributed by atoms with Crippen LogP contribution < -0.4 is 4.72 Å². The molecule has 1 N–H and O–H groups in total. The maximum absolute atomic E-state index is 11.7. The van der Waals surface area contributed by atoms with Crippen LogP contribution in [0.5, 0.6) is 0 Å². The molecule has 0 saturated heterocycles. The van der Waals surface area contributed by atoms with Crippen molar-refractivity contribution in [2.24, 2.45) is 0 Å². The highest BCUT2D eigenvalue weighted by Crippen LogP contribution is 2.16. The molecule has 4 nitrogen and oxygen atoms in total. The fourth-order valence-electron chi connectivity index (χ4n) is 0.999. The fourth-order valence-corrected chi connectivity index (χ4v) is 2.38. The van der Waals surface area contributed by atoms with E-state index >= 15 is 0 Å². The number of halogens is 1. The molecule has 0 bridgehead atoms. The van der Waals surface area contributed by atoms with Crippen LogP contribution in [-0.4, -0.2) is 19.9 Å². The molecule has 0 aliphatic heterocycles. The van der Waals surface area contributed by atoms with Crippen LogP contribution in [0.25, 0.3) is 0 Å². The molecule has 1 aromatic heterocycles. The molecule has 0 atom stereocenters. The van der Waals surface area contributed by atoms with E-state index in [1.165, 1.54) is 6.20 Å². The summed E-state index contributed by atoms with van der Waals surface area (Å²) in [5, 5.41) is 0. The molecule has 1 rings (SSSR count). The van der Waals surface area contributed by atoms with Crippen molar-refractivity contribution in [1.29, 1.82) is 0 Å². The summed E-state index contributed by atoms with van der Waals surface area (Å²) < 4.78 is 26.5. The largest absolute Gasteiger partial charge is 0.248 e. The van der Waals surface area contributed by atoms with Crippen LogP contribution in [-0.2, 0) is 10.0 Å². The number of aromatic nitrogens is 1. The summed E-state index contributed by atoms with van der Waals surface area (Å²) in [6, 6.07) is 1.59. The topological polar surface area (TPSA) is 59.1 Å². The van der Waals surface area contributed by atoms with Crippen LogP contribution in [0.4, 0.5) is 0 Å². The molecular weight excluding hydrogens is 280 g/mol. The molecule has 0 unspecified atom stereocenters. The van der Waals surface area contributed by atoms with Gasteiger partial charge in [0.25, 0.3) is 0 Å². The van der Waals surface area contributed by atoms with Gasteiger partial charge in [-0.3, -0.25) is 0 Å². The number of sulfonamides is 1. The summed E-state index contributed by atoms with van der Waals surface area (Å²) in [5.74, 6) is 0. The van der Waals surface area contributed by atoms with Crippen LogP contribution in [0.1, 0.15) is 18.9 Å². The third-order valence-electron chi connectivity index (χ3n) is 1.84. The lowest BCUT2D eigenvalue weighted by Crippen LogP contribution is -2.24. The number of nitrogens with one attached hydrogen (secondary N) is 1. The van der Waals surface area contributed by atoms with E-state index < -0.39 is 10.0 Å². The smallest absolute Gasteiger partial charge is 0.242 e. The van der Waals surface area contributed by atoms with Gasteiger partial charge in [-0.15, -0.1) is 0 Å². The van der Waals surface area contributed by atoms with E-state index in [9.17, 15) is 8.42 Å². The van der Waals surface area contributed by atoms with E-state index in [0.29, 0.717) is 11.1 Å². The van der Waals surface area contributed by atoms with Crippen molar-refractivity contribution < 1.29 is 8.42 Å². The van der Waals surface area contributed by atoms with Gasteiger partial charge in [0.2, 0.25) is 10.0 Å². The van der Waals surface area contributed by atoms with Crippen molar-refractivity contribution in [3.63, 3.8) is 0 Å². The molecule has 1 heterocycles. The Kier molecular flexibility index (Phi) is 4.24. The maximum atomic E-state index is 11.7. The predicted octanol–water partition coefficient (Wildman–Crippen LogP) is 1.84. The van der Waals surface area contributed by atoms with Gasteiger partial charge in [-0.25, -0.2) is 18.1 Å². The Balaban J connectivity index is 3.00. The molecule has 1 aromatic rings. The van der Waals surface area contributed by atoms with E-state index in [1.807, 2.05) is 6.92 Å². The molecule has 0 amide bonds. The second kappa shape index (κ2) is 5.05. The van der Waals surface area contributed by atoms with Gasteiger partial charge in [0, 0.05) is 12.7 Å². The average molecular weight is 293 g/mol. The number of rotatable bonds is 4. The zero-order valence-corrected chi connectivity index (χ0v) is 11.0. The predicted molar refractivity (Wildman–Crippen MR) is 62.2 cm³/mol. The summed E-state index contributed by atoms with van der Waals surface area (Å²) in [4.78, 5) is 4.16. The van der Waals surface area contributed by atoms with Gasteiger partial charge in [-0.1, -0.05) is 6.92 Å². The first-order valence-corrected chi connectivity index (χ1v) is 6.87. The summed E-state index contributed by atoms with van der Waals surface area (Å²) in [7, 11) is -3.40. The second-order valence-corrected chi connectivity index (χ2v) is 5.69. The van der Waals surface area contributed by atoms with Gasteiger partial charge < -0.3 is 0 Å². The molecule has 0 saturated carbocycles. The zero-order chi connectivity index (χ0) is 11.5. The Labute approximate surface area is 98.3 Å². The summed E-state index contributed by atoms with van der Waals surface area (Å²) in [6.07, 6.45) is 2.11. The Hall–Kier alpha value is -0.460. The van der Waals surface area contributed by atoms with E-state index in [4.69, 9.17) is 0 Å². The van der Waals surface area contributed by atoms with Crippen molar-refractivity contribution in [1.82, 2.24) is 9.71 Å². The average Bonchev–Trinajstić information content (AvgIpc) is 2.19. The van der Waals surface area contributed by atoms with E-state index in [-0.39, 0.29) is 4.90 Å². The van der Waals surface area contributed by atoms with Crippen LogP contribution in [0.15, 0.2) is 21.8 Å².